The molecule has 0 spiro atoms. The molecule has 0 radical (unpaired) electrons. The van der Waals surface area contributed by atoms with Gasteiger partial charge in [0, 0.05) is 6.08 Å². The molecule has 0 aromatic heterocycles. The summed E-state index contributed by atoms with van der Waals surface area (Å²) in [6.07, 6.45) is 7.32. The normalized spacial score (nSPS) is 17.7. The summed E-state index contributed by atoms with van der Waals surface area (Å²) in [5.41, 5.74) is 1.33. The minimum Gasteiger partial charge on any atom is -0.475 e. The van der Waals surface area contributed by atoms with Crippen molar-refractivity contribution in [1.82, 2.24) is 0 Å². The maximum Gasteiger partial charge on any atom is 0.463 e. The molecule has 0 saturated heterocycles. The van der Waals surface area contributed by atoms with Crippen LogP contribution in [0.1, 0.15) is 39.0 Å². The van der Waals surface area contributed by atoms with E-state index in [0.29, 0.717) is 6.61 Å². The second-order valence-electron chi connectivity index (χ2n) is 3.59. The van der Waals surface area contributed by atoms with Crippen molar-refractivity contribution in [2.75, 3.05) is 6.61 Å². The van der Waals surface area contributed by atoms with Gasteiger partial charge in [0.2, 0.25) is 5.39 Å². The third-order valence-electron chi connectivity index (χ3n) is 2.44. The van der Waals surface area contributed by atoms with E-state index in [4.69, 9.17) is 10.1 Å². The Balaban J connectivity index is 2.75. The third-order valence-corrected chi connectivity index (χ3v) is 2.44. The summed E-state index contributed by atoms with van der Waals surface area (Å²) in [6.45, 7) is 2.12. The Morgan fingerprint density at radius 3 is 2.67 bits per heavy atom. The monoisotopic (exact) mass is 209 g/mol. The van der Waals surface area contributed by atoms with Crippen molar-refractivity contribution in [2.45, 2.75) is 39.0 Å². The van der Waals surface area contributed by atoms with Gasteiger partial charge >= 0.3 is 11.6 Å². The first-order valence-electron chi connectivity index (χ1n) is 5.38. The van der Waals surface area contributed by atoms with Gasteiger partial charge in [0.25, 0.3) is 0 Å². The summed E-state index contributed by atoms with van der Waals surface area (Å²) in [5, 5.41) is 18.1. The molecule has 0 atom stereocenters. The molecule has 0 aromatic carbocycles. The van der Waals surface area contributed by atoms with Crippen LogP contribution < -0.4 is 0 Å². The fourth-order valence-corrected chi connectivity index (χ4v) is 1.69. The van der Waals surface area contributed by atoms with Gasteiger partial charge in [-0.15, -0.1) is 0 Å². The Bertz CT molecular complexity index is 305. The average Bonchev–Trinajstić information content (AvgIpc) is 2.27. The van der Waals surface area contributed by atoms with Crippen molar-refractivity contribution in [3.8, 4) is 0 Å². The lowest BCUT2D eigenvalue weighted by Crippen LogP contribution is -1.97. The van der Waals surface area contributed by atoms with Gasteiger partial charge in [0.15, 0.2) is 4.98 Å². The number of aliphatic hydroxyl groups excluding tert-OH is 1. The molecular weight excluding hydrogens is 192 g/mol. The zero-order chi connectivity index (χ0) is 11.1. The van der Waals surface area contributed by atoms with Crippen LogP contribution in [0.25, 0.3) is 4.98 Å². The van der Waals surface area contributed by atoms with Gasteiger partial charge in [0.1, 0.15) is 0 Å². The lowest BCUT2D eigenvalue weighted by atomic mass is 9.94. The van der Waals surface area contributed by atoms with Crippen molar-refractivity contribution in [3.05, 3.63) is 28.3 Å². The van der Waals surface area contributed by atoms with Crippen molar-refractivity contribution in [3.63, 3.8) is 0 Å². The molecule has 1 N–H and O–H groups in total. The molecule has 0 aliphatic heterocycles. The Hall–Kier alpha value is -1.50. The largest absolute Gasteiger partial charge is 0.475 e. The van der Waals surface area contributed by atoms with E-state index in [9.17, 15) is 5.11 Å². The van der Waals surface area contributed by atoms with E-state index in [-0.39, 0.29) is 11.6 Å². The highest BCUT2D eigenvalue weighted by Gasteiger charge is 2.19. The number of nitrogens with zero attached hydrogens (tertiary/aromatic N) is 2. The van der Waals surface area contributed by atoms with Crippen LogP contribution in [0.3, 0.4) is 0 Å². The highest BCUT2D eigenvalue weighted by atomic mass is 16.6. The van der Waals surface area contributed by atoms with E-state index in [2.05, 4.69) is 4.98 Å². The van der Waals surface area contributed by atoms with Crippen LogP contribution in [0.4, 0.5) is 0 Å². The Morgan fingerprint density at radius 1 is 1.47 bits per heavy atom. The summed E-state index contributed by atoms with van der Waals surface area (Å²) >= 11 is 0. The predicted molar refractivity (Wildman–Crippen MR) is 57.5 cm³/mol. The maximum atomic E-state index is 9.40. The van der Waals surface area contributed by atoms with Gasteiger partial charge in [-0.25, -0.2) is 0 Å². The van der Waals surface area contributed by atoms with Crippen LogP contribution in [-0.4, -0.2) is 11.7 Å². The lowest BCUT2D eigenvalue weighted by molar-refractivity contribution is 0.0999. The molecule has 0 heterocycles. The molecule has 82 valence electrons. The molecule has 0 unspecified atom stereocenters. The highest BCUT2D eigenvalue weighted by Crippen LogP contribution is 2.24. The molecule has 4 nitrogen and oxygen atoms in total. The summed E-state index contributed by atoms with van der Waals surface area (Å²) in [5.74, 6) is -0.307. The van der Waals surface area contributed by atoms with Crippen LogP contribution in [0.15, 0.2) is 23.3 Å². The van der Waals surface area contributed by atoms with Crippen LogP contribution in [0.5, 0.6) is 0 Å². The molecule has 0 bridgehead atoms. The Labute approximate surface area is 89.9 Å². The first kappa shape index (κ1) is 11.6. The van der Waals surface area contributed by atoms with Crippen molar-refractivity contribution >= 4 is 0 Å². The number of rotatable bonds is 3. The summed E-state index contributed by atoms with van der Waals surface area (Å²) in [4.78, 5) is 3.03. The van der Waals surface area contributed by atoms with Crippen molar-refractivity contribution in [2.24, 2.45) is 0 Å². The molecule has 0 aromatic rings. The van der Waals surface area contributed by atoms with E-state index in [1.54, 1.807) is 13.0 Å². The van der Waals surface area contributed by atoms with Crippen LogP contribution >= 0.6 is 0 Å². The van der Waals surface area contributed by atoms with Gasteiger partial charge in [-0.1, -0.05) is 12.0 Å². The van der Waals surface area contributed by atoms with Gasteiger partial charge in [-0.2, -0.15) is 0 Å². The first-order valence-corrected chi connectivity index (χ1v) is 5.38. The molecule has 1 aliphatic carbocycles. The molecular formula is C11H17N2O2+. The van der Waals surface area contributed by atoms with E-state index in [1.165, 1.54) is 24.8 Å². The molecule has 15 heavy (non-hydrogen) atoms. The molecule has 1 rings (SSSR count). The summed E-state index contributed by atoms with van der Waals surface area (Å²) < 4.78 is 4.87. The fourth-order valence-electron chi connectivity index (χ4n) is 1.69. The molecule has 1 fully saturated rings. The lowest BCUT2D eigenvalue weighted by Gasteiger charge is -2.11. The van der Waals surface area contributed by atoms with Crippen molar-refractivity contribution in [1.29, 1.82) is 5.39 Å². The van der Waals surface area contributed by atoms with Crippen LogP contribution in [0.2, 0.25) is 0 Å². The van der Waals surface area contributed by atoms with E-state index in [1.807, 2.05) is 0 Å². The Morgan fingerprint density at radius 2 is 2.13 bits per heavy atom. The number of hydrogen-bond donors (Lipinski definition) is 1. The predicted octanol–water partition coefficient (Wildman–Crippen LogP) is 3.49. The second-order valence-corrected chi connectivity index (χ2v) is 3.59. The minimum atomic E-state index is -0.307. The van der Waals surface area contributed by atoms with Gasteiger partial charge in [-0.3, -0.25) is 0 Å². The molecule has 0 amide bonds. The number of ether oxygens (including phenoxy) is 1. The van der Waals surface area contributed by atoms with Crippen molar-refractivity contribution < 1.29 is 9.84 Å². The first-order chi connectivity index (χ1) is 7.27. The number of hydrogen-bond acceptors (Lipinski definition) is 3. The minimum absolute atomic E-state index is 0.119. The highest BCUT2D eigenvalue weighted by molar-refractivity contribution is 5.29. The smallest absolute Gasteiger partial charge is 0.463 e. The Kier molecular flexibility index (Phi) is 4.69. The summed E-state index contributed by atoms with van der Waals surface area (Å²) in [6, 6.07) is 0. The standard InChI is InChI=1S/C11H16N2O2/c1-2-15-11(14)10(13-12)8-9-6-4-3-5-7-9/h8H,2-7H2,1H3/p+1/b11-10+. The molecule has 1 aliphatic rings. The third kappa shape index (κ3) is 3.62. The molecule has 4 heteroatoms. The quantitative estimate of drug-likeness (QED) is 0.571. The van der Waals surface area contributed by atoms with Gasteiger partial charge < -0.3 is 9.84 Å². The topological polar surface area (TPSA) is 57.6 Å². The van der Waals surface area contributed by atoms with E-state index >= 15 is 0 Å². The maximum absolute atomic E-state index is 9.40. The van der Waals surface area contributed by atoms with E-state index < -0.39 is 0 Å². The van der Waals surface area contributed by atoms with Gasteiger partial charge in [-0.05, 0) is 32.6 Å². The van der Waals surface area contributed by atoms with Crippen LogP contribution in [-0.2, 0) is 4.74 Å². The second kappa shape index (κ2) is 6.07. The zero-order valence-electron chi connectivity index (χ0n) is 9.07. The fraction of sp³-hybridized carbons (Fsp3) is 0.636. The number of aliphatic hydroxyl groups is 1. The summed E-state index contributed by atoms with van der Waals surface area (Å²) in [7, 11) is 0. The number of diazo groups is 1. The van der Waals surface area contributed by atoms with Crippen LogP contribution in [0, 0.1) is 5.39 Å². The SMILES string of the molecule is CCO/C(O)=C(\C=C1CCCCC1)[N+]#N. The number of allylic oxidation sites excluding steroid dienone is 2. The van der Waals surface area contributed by atoms with E-state index in [0.717, 1.165) is 12.8 Å². The van der Waals surface area contributed by atoms with Gasteiger partial charge in [0.05, 0.1) is 6.61 Å². The average molecular weight is 209 g/mol. The zero-order valence-corrected chi connectivity index (χ0v) is 9.07. The molecule has 1 saturated carbocycles.